The Morgan fingerprint density at radius 1 is 0.451 bits per heavy atom. The van der Waals surface area contributed by atoms with Gasteiger partial charge in [0, 0.05) is 89.0 Å². The van der Waals surface area contributed by atoms with Crippen LogP contribution in [0.25, 0.3) is 21.5 Å². The maximum atomic E-state index is 14.6. The van der Waals surface area contributed by atoms with Crippen LogP contribution in [-0.4, -0.2) is 95.8 Å². The van der Waals surface area contributed by atoms with Gasteiger partial charge in [0.1, 0.15) is 57.8 Å². The third-order valence-corrected chi connectivity index (χ3v) is 12.8. The number of aromatic hydroxyl groups is 12. The van der Waals surface area contributed by atoms with Gasteiger partial charge in [0.05, 0.1) is 28.5 Å². The lowest BCUT2D eigenvalue weighted by Crippen LogP contribution is -2.34. The maximum absolute atomic E-state index is 14.6. The topological polar surface area (TPSA) is 371 Å². The predicted octanol–water partition coefficient (Wildman–Crippen LogP) is 4.16. The van der Waals surface area contributed by atoms with Crippen LogP contribution < -0.4 is 25.1 Å². The second-order valence-corrected chi connectivity index (χ2v) is 17.3. The van der Waals surface area contributed by atoms with Crippen LogP contribution in [0.15, 0.2) is 82.4 Å². The summed E-state index contributed by atoms with van der Waals surface area (Å²) in [5.41, 5.74) is -3.62. The molecule has 3 aliphatic rings. The van der Waals surface area contributed by atoms with E-state index in [4.69, 9.17) is 18.9 Å². The molecule has 0 saturated heterocycles. The van der Waals surface area contributed by atoms with E-state index >= 15 is 0 Å². The number of phenols is 10. The Labute approximate surface area is 396 Å². The van der Waals surface area contributed by atoms with Gasteiger partial charge in [-0.3, -0.25) is 9.59 Å². The first kappa shape index (κ1) is 45.6. The molecular weight excluding hydrogens is 937 g/mol. The molecular formula is C50H38O21. The molecule has 0 saturated carbocycles. The highest BCUT2D eigenvalue weighted by molar-refractivity contribution is 5.99. The number of hydrogen-bond acceptors (Lipinski definition) is 21. The number of phenolic OH excluding ortho intramolecular Hbond substituents is 10. The molecule has 7 aromatic rings. The summed E-state index contributed by atoms with van der Waals surface area (Å²) >= 11 is 0. The Morgan fingerprint density at radius 2 is 0.859 bits per heavy atom. The first-order valence-electron chi connectivity index (χ1n) is 21.4. The smallest absolute Gasteiger partial charge is 0.338 e. The van der Waals surface area contributed by atoms with Crippen molar-refractivity contribution in [2.75, 3.05) is 0 Å². The van der Waals surface area contributed by atoms with E-state index < -0.39 is 145 Å². The van der Waals surface area contributed by atoms with Crippen LogP contribution >= 0.6 is 0 Å². The molecule has 0 unspecified atom stereocenters. The average molecular weight is 975 g/mol. The van der Waals surface area contributed by atoms with Crippen LogP contribution in [0, 0.1) is 0 Å². The van der Waals surface area contributed by atoms with Crippen molar-refractivity contribution in [3.05, 3.63) is 132 Å². The third-order valence-electron chi connectivity index (χ3n) is 12.8. The Kier molecular flexibility index (Phi) is 10.6. The molecule has 0 aromatic heterocycles. The molecule has 0 radical (unpaired) electrons. The van der Waals surface area contributed by atoms with E-state index in [0.717, 1.165) is 60.7 Å². The van der Waals surface area contributed by atoms with Crippen molar-refractivity contribution in [2.24, 2.45) is 0 Å². The van der Waals surface area contributed by atoms with E-state index in [1.807, 2.05) is 0 Å². The summed E-state index contributed by atoms with van der Waals surface area (Å²) in [5.74, 6) is -10.4. The molecule has 0 aliphatic carbocycles. The molecule has 364 valence electrons. The standard InChI is InChI=1S/C50H38O21/c51-18-5-28(54)25-13-35(61)48(69-37(25)8-18)23-11-33(59)45(65)41-21(23)1-16(3-31(57)43(41)63)47-40(15-27-30(56)7-20(53)10-39(27)68-47)71-50(67)17-2-22-24(12-34(60)46(66)42(22)44(64)32(58)4-17)49-36(62)14-26-29(55)6-19(52)9-38(26)70-49/h1-12,35-36,40,47-49,51-56,59-62,65-66H,13-15H2,(H,57,63)(H,58,64)/t35-,36+,40-,47-,48-,49-/m1/s1. The summed E-state index contributed by atoms with van der Waals surface area (Å²) in [4.78, 5) is 42.3. The van der Waals surface area contributed by atoms with Crippen LogP contribution in [0.2, 0.25) is 0 Å². The fraction of sp³-hybridized carbons (Fsp3) is 0.180. The van der Waals surface area contributed by atoms with Crippen LogP contribution in [0.1, 0.15) is 62.1 Å². The number of fused-ring (bicyclic) bond motifs is 5. The highest BCUT2D eigenvalue weighted by Gasteiger charge is 2.40. The van der Waals surface area contributed by atoms with Gasteiger partial charge in [-0.05, 0) is 47.2 Å². The van der Waals surface area contributed by atoms with Gasteiger partial charge in [-0.1, -0.05) is 0 Å². The van der Waals surface area contributed by atoms with E-state index in [2.05, 4.69) is 0 Å². The molecule has 21 heteroatoms. The number of rotatable bonds is 5. The molecule has 3 aliphatic heterocycles. The summed E-state index contributed by atoms with van der Waals surface area (Å²) in [6, 6.07) is 12.0. The lowest BCUT2D eigenvalue weighted by molar-refractivity contribution is -0.0188. The predicted molar refractivity (Wildman–Crippen MR) is 242 cm³/mol. The number of ether oxygens (including phenoxy) is 4. The molecule has 0 fully saturated rings. The molecule has 10 rings (SSSR count). The number of carbonyl (C=O) groups excluding carboxylic acids is 1. The van der Waals surface area contributed by atoms with Crippen LogP contribution in [-0.2, 0) is 24.0 Å². The van der Waals surface area contributed by atoms with Gasteiger partial charge < -0.3 is 90.4 Å². The lowest BCUT2D eigenvalue weighted by Gasteiger charge is -2.34. The van der Waals surface area contributed by atoms with Crippen molar-refractivity contribution in [3.63, 3.8) is 0 Å². The zero-order chi connectivity index (χ0) is 50.6. The highest BCUT2D eigenvalue weighted by atomic mass is 16.6. The number of aliphatic hydroxyl groups excluding tert-OH is 2. The zero-order valence-corrected chi connectivity index (χ0v) is 36.1. The van der Waals surface area contributed by atoms with E-state index in [0.29, 0.717) is 6.07 Å². The summed E-state index contributed by atoms with van der Waals surface area (Å²) in [7, 11) is 0. The van der Waals surface area contributed by atoms with Gasteiger partial charge in [0.2, 0.25) is 10.9 Å². The lowest BCUT2D eigenvalue weighted by atomic mass is 9.90. The Morgan fingerprint density at radius 3 is 1.32 bits per heavy atom. The minimum atomic E-state index is -1.66. The maximum Gasteiger partial charge on any atom is 0.338 e. The monoisotopic (exact) mass is 974 g/mol. The fourth-order valence-corrected chi connectivity index (χ4v) is 9.51. The zero-order valence-electron chi connectivity index (χ0n) is 36.1. The van der Waals surface area contributed by atoms with Crippen molar-refractivity contribution < 1.29 is 95.2 Å². The second kappa shape index (κ2) is 16.5. The van der Waals surface area contributed by atoms with Gasteiger partial charge in [0.25, 0.3) is 0 Å². The molecule has 71 heavy (non-hydrogen) atoms. The van der Waals surface area contributed by atoms with Crippen LogP contribution in [0.3, 0.4) is 0 Å². The van der Waals surface area contributed by atoms with Crippen molar-refractivity contribution in [1.82, 2.24) is 0 Å². The van der Waals surface area contributed by atoms with Gasteiger partial charge in [-0.25, -0.2) is 4.79 Å². The number of carbonyl (C=O) groups is 1. The summed E-state index contributed by atoms with van der Waals surface area (Å²) < 4.78 is 24.3. The van der Waals surface area contributed by atoms with Crippen LogP contribution in [0.5, 0.6) is 86.2 Å². The normalized spacial score (nSPS) is 20.1. The molecule has 7 aromatic carbocycles. The van der Waals surface area contributed by atoms with Gasteiger partial charge in [0.15, 0.2) is 52.8 Å². The van der Waals surface area contributed by atoms with E-state index in [1.54, 1.807) is 0 Å². The molecule has 21 nitrogen and oxygen atoms in total. The van der Waals surface area contributed by atoms with Crippen molar-refractivity contribution in [3.8, 4) is 86.2 Å². The second-order valence-electron chi connectivity index (χ2n) is 17.3. The quantitative estimate of drug-likeness (QED) is 0.0850. The number of esters is 1. The summed E-state index contributed by atoms with van der Waals surface area (Å²) in [5, 5.41) is 150. The molecule has 3 heterocycles. The Balaban J connectivity index is 1.12. The van der Waals surface area contributed by atoms with Gasteiger partial charge in [-0.15, -0.1) is 0 Å². The number of hydrogen-bond donors (Lipinski definition) is 14. The molecule has 0 amide bonds. The van der Waals surface area contributed by atoms with E-state index in [1.165, 1.54) is 6.07 Å². The van der Waals surface area contributed by atoms with Gasteiger partial charge in [-0.2, -0.15) is 0 Å². The van der Waals surface area contributed by atoms with Crippen molar-refractivity contribution in [2.45, 2.75) is 55.9 Å². The number of aliphatic hydroxyl groups is 2. The first-order valence-corrected chi connectivity index (χ1v) is 21.4. The van der Waals surface area contributed by atoms with Crippen LogP contribution in [0.4, 0.5) is 0 Å². The molecule has 0 spiro atoms. The fourth-order valence-electron chi connectivity index (χ4n) is 9.51. The Bertz CT molecular complexity index is 3590. The molecule has 0 bridgehead atoms. The van der Waals surface area contributed by atoms with Gasteiger partial charge >= 0.3 is 5.97 Å². The average Bonchev–Trinajstić information content (AvgIpc) is 3.52. The largest absolute Gasteiger partial charge is 0.508 e. The number of benzene rings is 5. The van der Waals surface area contributed by atoms with E-state index in [9.17, 15) is 85.9 Å². The third kappa shape index (κ3) is 7.55. The SMILES string of the molecule is O=C(O[C@@H]1Cc2c(O)cc(O)cc2O[C@@H]1c1cc(O)c(=O)c2c(O)c(O)cc([C@H]3Oc4cc(O)cc(O)c4C[C@H]3O)c2c1)c1cc(O)c(=O)c2c(O)c(O)cc([C@H]3Oc4cc(O)cc(O)c4C[C@@H]3O)c2c1. The van der Waals surface area contributed by atoms with Crippen molar-refractivity contribution >= 4 is 27.5 Å². The first-order chi connectivity index (χ1) is 33.7. The minimum absolute atomic E-state index is 0.0277. The summed E-state index contributed by atoms with van der Waals surface area (Å²) in [6.45, 7) is 0. The molecule has 6 atom stereocenters. The summed E-state index contributed by atoms with van der Waals surface area (Å²) in [6.07, 6.45) is -10.4. The van der Waals surface area contributed by atoms with Crippen molar-refractivity contribution in [1.29, 1.82) is 0 Å². The highest BCUT2D eigenvalue weighted by Crippen LogP contribution is 2.49. The molecule has 14 N–H and O–H groups in total. The minimum Gasteiger partial charge on any atom is -0.508 e. The van der Waals surface area contributed by atoms with E-state index in [-0.39, 0.29) is 74.2 Å². The Hall–Kier alpha value is -9.21.